The molecule has 2 heteroatoms. The second-order valence-corrected chi connectivity index (χ2v) is 9.05. The zero-order valence-electron chi connectivity index (χ0n) is 17.9. The molecular formula is C24H47NO. The highest BCUT2D eigenvalue weighted by molar-refractivity contribution is 4.84. The van der Waals surface area contributed by atoms with Gasteiger partial charge in [0.05, 0.1) is 6.54 Å². The van der Waals surface area contributed by atoms with Crippen molar-refractivity contribution in [2.45, 2.75) is 142 Å². The van der Waals surface area contributed by atoms with Crippen molar-refractivity contribution in [3.63, 3.8) is 0 Å². The quantitative estimate of drug-likeness (QED) is 0.176. The van der Waals surface area contributed by atoms with E-state index in [-0.39, 0.29) is 5.41 Å². The second-order valence-electron chi connectivity index (χ2n) is 9.05. The van der Waals surface area contributed by atoms with Gasteiger partial charge in [-0.2, -0.15) is 4.91 Å². The van der Waals surface area contributed by atoms with Crippen LogP contribution in [0.2, 0.25) is 0 Å². The Bertz CT molecular complexity index is 309. The molecule has 0 amide bonds. The van der Waals surface area contributed by atoms with Crippen molar-refractivity contribution in [2.24, 2.45) is 10.6 Å². The van der Waals surface area contributed by atoms with Crippen LogP contribution in [0, 0.1) is 10.3 Å². The summed E-state index contributed by atoms with van der Waals surface area (Å²) in [4.78, 5) is 10.8. The molecule has 0 heterocycles. The van der Waals surface area contributed by atoms with Crippen molar-refractivity contribution in [3.8, 4) is 0 Å². The van der Waals surface area contributed by atoms with Gasteiger partial charge >= 0.3 is 0 Å². The Balaban J connectivity index is 1.83. The molecule has 0 bridgehead atoms. The van der Waals surface area contributed by atoms with Gasteiger partial charge in [0, 0.05) is 0 Å². The summed E-state index contributed by atoms with van der Waals surface area (Å²) in [6.45, 7) is 2.87. The largest absolute Gasteiger partial charge is 0.151 e. The van der Waals surface area contributed by atoms with Gasteiger partial charge in [-0.25, -0.2) is 0 Å². The Morgan fingerprint density at radius 2 is 1.04 bits per heavy atom. The number of hydrogen-bond donors (Lipinski definition) is 0. The van der Waals surface area contributed by atoms with Crippen LogP contribution in [0.3, 0.4) is 0 Å². The van der Waals surface area contributed by atoms with Crippen molar-refractivity contribution in [1.82, 2.24) is 0 Å². The van der Waals surface area contributed by atoms with E-state index in [0.717, 1.165) is 0 Å². The molecule has 0 aromatic heterocycles. The van der Waals surface area contributed by atoms with E-state index in [9.17, 15) is 4.91 Å². The standard InChI is InChI=1S/C24H47NO/c1-2-3-4-5-6-7-8-9-10-11-12-13-14-15-17-20-24(23-25-26)21-18-16-19-22-24/h2-23H2,1H3. The van der Waals surface area contributed by atoms with Crippen molar-refractivity contribution >= 4 is 0 Å². The zero-order valence-corrected chi connectivity index (χ0v) is 17.9. The van der Waals surface area contributed by atoms with Gasteiger partial charge in [0.15, 0.2) is 0 Å². The Morgan fingerprint density at radius 1 is 0.615 bits per heavy atom. The van der Waals surface area contributed by atoms with Crippen LogP contribution in [0.25, 0.3) is 0 Å². The third kappa shape index (κ3) is 12.1. The fourth-order valence-corrected chi connectivity index (χ4v) is 4.80. The lowest BCUT2D eigenvalue weighted by atomic mass is 9.71. The molecule has 1 saturated carbocycles. The molecule has 0 saturated heterocycles. The lowest BCUT2D eigenvalue weighted by Crippen LogP contribution is -2.27. The zero-order chi connectivity index (χ0) is 18.8. The van der Waals surface area contributed by atoms with Gasteiger partial charge in [0.2, 0.25) is 0 Å². The Kier molecular flexibility index (Phi) is 15.2. The van der Waals surface area contributed by atoms with Gasteiger partial charge in [0.25, 0.3) is 0 Å². The first-order chi connectivity index (χ1) is 12.8. The summed E-state index contributed by atoms with van der Waals surface area (Å²) in [5, 5.41) is 3.27. The maximum atomic E-state index is 10.8. The van der Waals surface area contributed by atoms with Crippen molar-refractivity contribution in [1.29, 1.82) is 0 Å². The molecule has 0 unspecified atom stereocenters. The van der Waals surface area contributed by atoms with Crippen LogP contribution in [-0.2, 0) is 0 Å². The molecule has 0 aromatic rings. The lowest BCUT2D eigenvalue weighted by molar-refractivity contribution is 0.176. The Morgan fingerprint density at radius 3 is 1.46 bits per heavy atom. The first-order valence-corrected chi connectivity index (χ1v) is 12.1. The van der Waals surface area contributed by atoms with Crippen LogP contribution < -0.4 is 0 Å². The molecule has 2 nitrogen and oxygen atoms in total. The lowest BCUT2D eigenvalue weighted by Gasteiger charge is -2.35. The molecule has 1 aliphatic carbocycles. The number of unbranched alkanes of at least 4 members (excludes halogenated alkanes) is 14. The van der Waals surface area contributed by atoms with Crippen LogP contribution in [0.5, 0.6) is 0 Å². The highest BCUT2D eigenvalue weighted by atomic mass is 16.3. The molecule has 26 heavy (non-hydrogen) atoms. The second kappa shape index (κ2) is 16.8. The van der Waals surface area contributed by atoms with E-state index < -0.39 is 0 Å². The first kappa shape index (κ1) is 23.6. The van der Waals surface area contributed by atoms with Crippen molar-refractivity contribution in [2.75, 3.05) is 6.54 Å². The maximum absolute atomic E-state index is 10.8. The Labute approximate surface area is 164 Å². The topological polar surface area (TPSA) is 29.4 Å². The molecule has 0 atom stereocenters. The smallest absolute Gasteiger partial charge is 0.0867 e. The van der Waals surface area contributed by atoms with Crippen LogP contribution >= 0.6 is 0 Å². The molecule has 0 spiro atoms. The van der Waals surface area contributed by atoms with E-state index >= 15 is 0 Å². The van der Waals surface area contributed by atoms with E-state index in [4.69, 9.17) is 0 Å². The first-order valence-electron chi connectivity index (χ1n) is 12.1. The maximum Gasteiger partial charge on any atom is 0.0867 e. The van der Waals surface area contributed by atoms with Crippen molar-refractivity contribution in [3.05, 3.63) is 4.91 Å². The average molecular weight is 366 g/mol. The molecule has 0 aromatic carbocycles. The normalized spacial score (nSPS) is 16.7. The summed E-state index contributed by atoms with van der Waals surface area (Å²) in [7, 11) is 0. The summed E-state index contributed by atoms with van der Waals surface area (Å²) < 4.78 is 0. The van der Waals surface area contributed by atoms with E-state index in [2.05, 4.69) is 12.1 Å². The predicted molar refractivity (Wildman–Crippen MR) is 116 cm³/mol. The van der Waals surface area contributed by atoms with E-state index in [1.54, 1.807) is 0 Å². The minimum Gasteiger partial charge on any atom is -0.151 e. The SMILES string of the molecule is CCCCCCCCCCCCCCCCCC1(CN=O)CCCCC1. The van der Waals surface area contributed by atoms with Crippen LogP contribution in [0.1, 0.15) is 142 Å². The van der Waals surface area contributed by atoms with E-state index in [1.807, 2.05) is 0 Å². The minimum atomic E-state index is 0.288. The van der Waals surface area contributed by atoms with E-state index in [1.165, 1.54) is 135 Å². The predicted octanol–water partition coefficient (Wildman–Crippen LogP) is 8.96. The number of rotatable bonds is 18. The van der Waals surface area contributed by atoms with Crippen LogP contribution in [0.4, 0.5) is 0 Å². The van der Waals surface area contributed by atoms with Crippen LogP contribution in [-0.4, -0.2) is 6.54 Å². The number of nitrogens with zero attached hydrogens (tertiary/aromatic N) is 1. The monoisotopic (exact) mass is 365 g/mol. The molecule has 0 N–H and O–H groups in total. The Hall–Kier alpha value is -0.400. The van der Waals surface area contributed by atoms with Crippen LogP contribution in [0.15, 0.2) is 5.18 Å². The van der Waals surface area contributed by atoms with Gasteiger partial charge in [-0.05, 0) is 24.7 Å². The molecule has 1 rings (SSSR count). The van der Waals surface area contributed by atoms with Gasteiger partial charge in [-0.15, -0.1) is 0 Å². The van der Waals surface area contributed by atoms with Gasteiger partial charge in [-0.1, -0.05) is 128 Å². The molecular weight excluding hydrogens is 318 g/mol. The van der Waals surface area contributed by atoms with Gasteiger partial charge in [-0.3, -0.25) is 0 Å². The van der Waals surface area contributed by atoms with Crippen molar-refractivity contribution < 1.29 is 0 Å². The fourth-order valence-electron chi connectivity index (χ4n) is 4.80. The van der Waals surface area contributed by atoms with E-state index in [0.29, 0.717) is 6.54 Å². The molecule has 0 aliphatic heterocycles. The van der Waals surface area contributed by atoms with Gasteiger partial charge in [0.1, 0.15) is 0 Å². The summed E-state index contributed by atoms with van der Waals surface area (Å²) in [5.74, 6) is 0. The minimum absolute atomic E-state index is 0.288. The third-order valence-corrected chi connectivity index (χ3v) is 6.62. The average Bonchev–Trinajstić information content (AvgIpc) is 2.66. The summed E-state index contributed by atoms with van der Waals surface area (Å²) in [5.41, 5.74) is 0.288. The summed E-state index contributed by atoms with van der Waals surface area (Å²) >= 11 is 0. The highest BCUT2D eigenvalue weighted by Crippen LogP contribution is 2.41. The number of hydrogen-bond acceptors (Lipinski definition) is 2. The summed E-state index contributed by atoms with van der Waals surface area (Å²) in [6, 6.07) is 0. The van der Waals surface area contributed by atoms with Gasteiger partial charge < -0.3 is 0 Å². The summed E-state index contributed by atoms with van der Waals surface area (Å²) in [6.07, 6.45) is 29.0. The fraction of sp³-hybridized carbons (Fsp3) is 1.00. The molecule has 0 radical (unpaired) electrons. The molecule has 1 fully saturated rings. The highest BCUT2D eigenvalue weighted by Gasteiger charge is 2.31. The third-order valence-electron chi connectivity index (χ3n) is 6.62. The molecule has 1 aliphatic rings. The number of nitroso groups, excluding NO2 is 1. The molecule has 154 valence electrons.